The van der Waals surface area contributed by atoms with Gasteiger partial charge in [-0.3, -0.25) is 4.79 Å². The van der Waals surface area contributed by atoms with E-state index in [4.69, 9.17) is 0 Å². The lowest BCUT2D eigenvalue weighted by Gasteiger charge is -2.60. The van der Waals surface area contributed by atoms with Crippen molar-refractivity contribution in [1.29, 1.82) is 0 Å². The van der Waals surface area contributed by atoms with Gasteiger partial charge in [0.25, 0.3) is 0 Å². The van der Waals surface area contributed by atoms with E-state index in [1.165, 1.54) is 11.1 Å². The van der Waals surface area contributed by atoms with Gasteiger partial charge >= 0.3 is 5.97 Å². The summed E-state index contributed by atoms with van der Waals surface area (Å²) in [6.45, 7) is 6.15. The van der Waals surface area contributed by atoms with E-state index in [0.717, 1.165) is 12.8 Å². The zero-order chi connectivity index (χ0) is 19.1. The molecule has 3 fully saturated rings. The van der Waals surface area contributed by atoms with Crippen molar-refractivity contribution in [1.82, 2.24) is 0 Å². The second-order valence-electron chi connectivity index (χ2n) is 9.79. The summed E-state index contributed by atoms with van der Waals surface area (Å²) in [5.41, 5.74) is -0.303. The average Bonchev–Trinajstić information content (AvgIpc) is 2.81. The number of hydrogen-bond donors (Lipinski definition) is 3. The molecule has 5 heteroatoms. The molecular weight excluding hydrogens is 332 g/mol. The van der Waals surface area contributed by atoms with Gasteiger partial charge in [0, 0.05) is 18.3 Å². The topological polar surface area (TPSA) is 94.8 Å². The van der Waals surface area contributed by atoms with Gasteiger partial charge in [0.1, 0.15) is 5.78 Å². The van der Waals surface area contributed by atoms with Crippen LogP contribution in [-0.4, -0.2) is 38.8 Å². The largest absolute Gasteiger partial charge is 0.479 e. The molecule has 3 N–H and O–H groups in total. The Morgan fingerprint density at radius 1 is 1.23 bits per heavy atom. The summed E-state index contributed by atoms with van der Waals surface area (Å²) in [7, 11) is 0. The molecule has 0 aromatic carbocycles. The first kappa shape index (κ1) is 18.2. The fourth-order valence-electron chi connectivity index (χ4n) is 7.42. The van der Waals surface area contributed by atoms with Crippen molar-refractivity contribution in [2.24, 2.45) is 28.6 Å². The Bertz CT molecular complexity index is 711. The second kappa shape index (κ2) is 5.41. The van der Waals surface area contributed by atoms with Crippen molar-refractivity contribution >= 4 is 11.8 Å². The molecule has 0 aromatic heterocycles. The highest BCUT2D eigenvalue weighted by atomic mass is 16.4. The van der Waals surface area contributed by atoms with Crippen molar-refractivity contribution in [3.63, 3.8) is 0 Å². The number of carbonyl (C=O) groups excluding carboxylic acids is 1. The van der Waals surface area contributed by atoms with E-state index in [1.54, 1.807) is 0 Å². The number of aliphatic carboxylic acids is 1. The number of hydrogen-bond acceptors (Lipinski definition) is 4. The molecule has 0 aliphatic heterocycles. The summed E-state index contributed by atoms with van der Waals surface area (Å²) >= 11 is 0. The summed E-state index contributed by atoms with van der Waals surface area (Å²) in [5.74, 6) is -0.580. The number of aliphatic hydroxyl groups is 2. The fraction of sp³-hybridized carbons (Fsp3) is 0.810. The lowest BCUT2D eigenvalue weighted by atomic mass is 9.45. The Morgan fingerprint density at radius 2 is 1.92 bits per heavy atom. The minimum Gasteiger partial charge on any atom is -0.479 e. The van der Waals surface area contributed by atoms with Crippen LogP contribution in [0.4, 0.5) is 0 Å². The summed E-state index contributed by atoms with van der Waals surface area (Å²) in [5, 5.41) is 31.8. The number of carboxylic acid groups (broad SMARTS) is 1. The highest BCUT2D eigenvalue weighted by molar-refractivity contribution is 5.83. The Hall–Kier alpha value is -1.20. The molecule has 144 valence electrons. The highest BCUT2D eigenvalue weighted by Gasteiger charge is 2.68. The van der Waals surface area contributed by atoms with Gasteiger partial charge in [-0.2, -0.15) is 0 Å². The number of carbonyl (C=O) groups is 2. The number of carboxylic acids is 1. The molecule has 0 radical (unpaired) electrons. The summed E-state index contributed by atoms with van der Waals surface area (Å²) in [4.78, 5) is 23.9. The minimum absolute atomic E-state index is 0.0449. The van der Waals surface area contributed by atoms with Gasteiger partial charge in [0.15, 0.2) is 5.60 Å². The molecule has 26 heavy (non-hydrogen) atoms. The monoisotopic (exact) mass is 362 g/mol. The molecule has 5 nitrogen and oxygen atoms in total. The average molecular weight is 362 g/mol. The van der Waals surface area contributed by atoms with Crippen molar-refractivity contribution < 1.29 is 24.9 Å². The van der Waals surface area contributed by atoms with Crippen LogP contribution in [0.1, 0.15) is 65.7 Å². The fourth-order valence-corrected chi connectivity index (χ4v) is 7.42. The van der Waals surface area contributed by atoms with Crippen LogP contribution in [0.5, 0.6) is 0 Å². The van der Waals surface area contributed by atoms with Gasteiger partial charge in [-0.1, -0.05) is 25.0 Å². The van der Waals surface area contributed by atoms with Crippen LogP contribution >= 0.6 is 0 Å². The molecule has 4 aliphatic rings. The predicted molar refractivity (Wildman–Crippen MR) is 95.3 cm³/mol. The second-order valence-corrected chi connectivity index (χ2v) is 9.79. The van der Waals surface area contributed by atoms with E-state index in [2.05, 4.69) is 13.8 Å². The Kier molecular flexibility index (Phi) is 3.79. The molecule has 3 saturated carbocycles. The van der Waals surface area contributed by atoms with Crippen LogP contribution in [0.25, 0.3) is 0 Å². The molecule has 0 aromatic rings. The van der Waals surface area contributed by atoms with Gasteiger partial charge in [0.05, 0.1) is 6.10 Å². The molecule has 0 amide bonds. The lowest BCUT2D eigenvalue weighted by Crippen LogP contribution is -2.61. The standard InChI is InChI=1S/C21H30O5/c1-11-8-13-14-5-7-21(26,18(24)25)20(14,3)10-16(23)17(13)19(2)6-4-12(22)9-15(11)19/h13-14,16-17,23,26H,4-10H2,1-3H3,(H,24,25)/t13-,14-,16-,17+,19-,20-,21-/m0/s1. The Morgan fingerprint density at radius 3 is 2.58 bits per heavy atom. The molecule has 0 bridgehead atoms. The third-order valence-corrected chi connectivity index (χ3v) is 8.74. The van der Waals surface area contributed by atoms with E-state index in [1.807, 2.05) is 6.92 Å². The van der Waals surface area contributed by atoms with Gasteiger partial charge in [-0.25, -0.2) is 4.79 Å². The number of allylic oxidation sites excluding steroid dienone is 2. The number of aliphatic hydroxyl groups excluding tert-OH is 1. The SMILES string of the molecule is CC1=C2CC(=O)CC[C@]2(C)[C@@H]2[C@@H](C1)[C@@H]1CC[C@](O)(C(=O)O)[C@@]1(C)C[C@@H]2O. The predicted octanol–water partition coefficient (Wildman–Crippen LogP) is 2.69. The molecule has 4 rings (SSSR count). The maximum atomic E-state index is 12.0. The zero-order valence-corrected chi connectivity index (χ0v) is 15.9. The summed E-state index contributed by atoms with van der Waals surface area (Å²) in [6, 6.07) is 0. The minimum atomic E-state index is -1.76. The number of fused-ring (bicyclic) bond motifs is 5. The van der Waals surface area contributed by atoms with Crippen LogP contribution < -0.4 is 0 Å². The quantitative estimate of drug-likeness (QED) is 0.624. The van der Waals surface area contributed by atoms with Gasteiger partial charge < -0.3 is 15.3 Å². The first-order chi connectivity index (χ1) is 12.0. The number of rotatable bonds is 1. The van der Waals surface area contributed by atoms with E-state index in [0.29, 0.717) is 25.7 Å². The first-order valence-corrected chi connectivity index (χ1v) is 9.89. The van der Waals surface area contributed by atoms with Crippen molar-refractivity contribution in [2.45, 2.75) is 77.4 Å². The molecule has 0 unspecified atom stereocenters. The van der Waals surface area contributed by atoms with Gasteiger partial charge in [-0.15, -0.1) is 0 Å². The van der Waals surface area contributed by atoms with Crippen molar-refractivity contribution in [2.75, 3.05) is 0 Å². The van der Waals surface area contributed by atoms with Gasteiger partial charge in [-0.05, 0) is 62.2 Å². The lowest BCUT2D eigenvalue weighted by molar-refractivity contribution is -0.193. The van der Waals surface area contributed by atoms with Crippen molar-refractivity contribution in [3.05, 3.63) is 11.1 Å². The van der Waals surface area contributed by atoms with E-state index < -0.39 is 23.1 Å². The van der Waals surface area contributed by atoms with Crippen LogP contribution in [0.3, 0.4) is 0 Å². The zero-order valence-electron chi connectivity index (χ0n) is 15.9. The highest BCUT2D eigenvalue weighted by Crippen LogP contribution is 2.67. The molecular formula is C21H30O5. The normalized spacial score (nSPS) is 50.9. The van der Waals surface area contributed by atoms with Gasteiger partial charge in [0.2, 0.25) is 0 Å². The Labute approximate surface area is 154 Å². The van der Waals surface area contributed by atoms with Crippen molar-refractivity contribution in [3.8, 4) is 0 Å². The smallest absolute Gasteiger partial charge is 0.336 e. The maximum absolute atomic E-state index is 12.0. The third kappa shape index (κ3) is 2.04. The van der Waals surface area contributed by atoms with E-state index in [9.17, 15) is 24.9 Å². The molecule has 7 atom stereocenters. The molecule has 4 aliphatic carbocycles. The number of Topliss-reactive ketones (excluding diaryl/α,β-unsaturated/α-hetero) is 1. The molecule has 0 saturated heterocycles. The summed E-state index contributed by atoms with van der Waals surface area (Å²) < 4.78 is 0. The molecule has 0 heterocycles. The molecule has 0 spiro atoms. The van der Waals surface area contributed by atoms with Crippen LogP contribution in [0, 0.1) is 28.6 Å². The van der Waals surface area contributed by atoms with E-state index >= 15 is 0 Å². The van der Waals surface area contributed by atoms with Crippen LogP contribution in [0.15, 0.2) is 11.1 Å². The third-order valence-electron chi connectivity index (χ3n) is 8.74. The maximum Gasteiger partial charge on any atom is 0.336 e. The van der Waals surface area contributed by atoms with Crippen LogP contribution in [-0.2, 0) is 9.59 Å². The van der Waals surface area contributed by atoms with E-state index in [-0.39, 0.29) is 35.4 Å². The van der Waals surface area contributed by atoms with Crippen LogP contribution in [0.2, 0.25) is 0 Å². The number of ketones is 1. The Balaban J connectivity index is 1.80. The first-order valence-electron chi connectivity index (χ1n) is 9.89. The summed E-state index contributed by atoms with van der Waals surface area (Å²) in [6.07, 6.45) is 3.24.